The van der Waals surface area contributed by atoms with E-state index in [2.05, 4.69) is 48.5 Å². The van der Waals surface area contributed by atoms with Crippen LogP contribution < -0.4 is 4.74 Å². The first-order valence-electron chi connectivity index (χ1n) is 9.62. The predicted octanol–water partition coefficient (Wildman–Crippen LogP) is 6.00. The second kappa shape index (κ2) is 9.77. The lowest BCUT2D eigenvalue weighted by atomic mass is 10.0. The van der Waals surface area contributed by atoms with Crippen LogP contribution >= 0.6 is 0 Å². The summed E-state index contributed by atoms with van der Waals surface area (Å²) in [5, 5.41) is 11.1. The molecule has 3 nitrogen and oxygen atoms in total. The molecule has 0 fully saturated rings. The third kappa shape index (κ3) is 5.85. The van der Waals surface area contributed by atoms with Gasteiger partial charge in [0.05, 0.1) is 0 Å². The summed E-state index contributed by atoms with van der Waals surface area (Å²) in [6.07, 6.45) is 5.05. The highest BCUT2D eigenvalue weighted by Gasteiger charge is 2.05. The van der Waals surface area contributed by atoms with Crippen LogP contribution in [-0.2, 0) is 17.8 Å². The molecule has 3 heteroatoms. The number of carboxylic acid groups (broad SMARTS) is 1. The van der Waals surface area contributed by atoms with E-state index in [4.69, 9.17) is 9.84 Å². The minimum atomic E-state index is -0.706. The molecule has 27 heavy (non-hydrogen) atoms. The summed E-state index contributed by atoms with van der Waals surface area (Å²) < 4.78 is 6.10. The molecule has 0 atom stereocenters. The Morgan fingerprint density at radius 2 is 1.56 bits per heavy atom. The molecule has 0 aromatic heterocycles. The summed E-state index contributed by atoms with van der Waals surface area (Å²) in [5.41, 5.74) is 2.38. The third-order valence-corrected chi connectivity index (χ3v) is 4.77. The Labute approximate surface area is 160 Å². The number of carboxylic acids is 1. The second-order valence-electron chi connectivity index (χ2n) is 6.89. The molecule has 0 radical (unpaired) electrons. The third-order valence-electron chi connectivity index (χ3n) is 4.77. The highest BCUT2D eigenvalue weighted by molar-refractivity contribution is 5.82. The maximum atomic E-state index is 10.5. The topological polar surface area (TPSA) is 46.5 Å². The van der Waals surface area contributed by atoms with E-state index in [1.807, 2.05) is 18.2 Å². The number of carbonyl (C=O) groups is 1. The van der Waals surface area contributed by atoms with Crippen molar-refractivity contribution in [1.29, 1.82) is 0 Å². The molecule has 0 heterocycles. The van der Waals surface area contributed by atoms with Crippen LogP contribution in [-0.4, -0.2) is 11.1 Å². The molecule has 0 aliphatic carbocycles. The number of aliphatic carboxylic acids is 1. The van der Waals surface area contributed by atoms with Crippen LogP contribution in [0.5, 0.6) is 5.75 Å². The Morgan fingerprint density at radius 1 is 0.815 bits per heavy atom. The number of benzene rings is 3. The van der Waals surface area contributed by atoms with Crippen LogP contribution in [0.2, 0.25) is 0 Å². The van der Waals surface area contributed by atoms with E-state index < -0.39 is 5.97 Å². The van der Waals surface area contributed by atoms with E-state index in [1.54, 1.807) is 0 Å². The Balaban J connectivity index is 1.53. The maximum absolute atomic E-state index is 10.5. The molecule has 0 aliphatic heterocycles. The van der Waals surface area contributed by atoms with Gasteiger partial charge in [-0.15, -0.1) is 0 Å². The molecule has 0 unspecified atom stereocenters. The van der Waals surface area contributed by atoms with Gasteiger partial charge < -0.3 is 9.84 Å². The number of ether oxygens (including phenoxy) is 1. The molecule has 0 aliphatic rings. The summed E-state index contributed by atoms with van der Waals surface area (Å²) in [5.74, 6) is 0.235. The predicted molar refractivity (Wildman–Crippen MR) is 109 cm³/mol. The molecular weight excluding hydrogens is 336 g/mol. The van der Waals surface area contributed by atoms with Gasteiger partial charge in [-0.3, -0.25) is 4.79 Å². The number of hydrogen-bond donors (Lipinski definition) is 1. The van der Waals surface area contributed by atoms with Gasteiger partial charge in [0.25, 0.3) is 0 Å². The molecular formula is C24H26O3. The number of hydrogen-bond acceptors (Lipinski definition) is 2. The van der Waals surface area contributed by atoms with Crippen LogP contribution in [0.15, 0.2) is 66.7 Å². The molecule has 0 saturated heterocycles. The second-order valence-corrected chi connectivity index (χ2v) is 6.89. The van der Waals surface area contributed by atoms with Crippen LogP contribution in [0.4, 0.5) is 0 Å². The molecule has 3 aromatic rings. The van der Waals surface area contributed by atoms with Crippen molar-refractivity contribution in [2.24, 2.45) is 0 Å². The highest BCUT2D eigenvalue weighted by Crippen LogP contribution is 2.23. The van der Waals surface area contributed by atoms with E-state index in [-0.39, 0.29) is 6.42 Å². The zero-order chi connectivity index (χ0) is 18.9. The van der Waals surface area contributed by atoms with Crippen molar-refractivity contribution in [2.75, 3.05) is 0 Å². The largest absolute Gasteiger partial charge is 0.489 e. The summed E-state index contributed by atoms with van der Waals surface area (Å²) in [6.45, 7) is 0.556. The van der Waals surface area contributed by atoms with E-state index in [0.717, 1.165) is 43.4 Å². The molecule has 0 amide bonds. The molecule has 140 valence electrons. The van der Waals surface area contributed by atoms with Crippen molar-refractivity contribution in [3.63, 3.8) is 0 Å². The Morgan fingerprint density at radius 3 is 2.41 bits per heavy atom. The number of unbranched alkanes of at least 4 members (excludes halogenated alkanes) is 3. The molecule has 0 spiro atoms. The average Bonchev–Trinajstić information content (AvgIpc) is 2.69. The van der Waals surface area contributed by atoms with Gasteiger partial charge in [-0.2, -0.15) is 0 Å². The van der Waals surface area contributed by atoms with E-state index >= 15 is 0 Å². The van der Waals surface area contributed by atoms with Gasteiger partial charge >= 0.3 is 5.97 Å². The average molecular weight is 362 g/mol. The normalized spacial score (nSPS) is 10.8. The zero-order valence-corrected chi connectivity index (χ0v) is 15.6. The van der Waals surface area contributed by atoms with E-state index in [0.29, 0.717) is 6.61 Å². The molecule has 3 aromatic carbocycles. The van der Waals surface area contributed by atoms with Crippen LogP contribution in [0.1, 0.15) is 43.2 Å². The van der Waals surface area contributed by atoms with Crippen molar-refractivity contribution in [1.82, 2.24) is 0 Å². The summed E-state index contributed by atoms with van der Waals surface area (Å²) in [7, 11) is 0. The molecule has 1 N–H and O–H groups in total. The van der Waals surface area contributed by atoms with Crippen LogP contribution in [0.3, 0.4) is 0 Å². The molecule has 0 saturated carbocycles. The van der Waals surface area contributed by atoms with Crippen molar-refractivity contribution < 1.29 is 14.6 Å². The van der Waals surface area contributed by atoms with Crippen molar-refractivity contribution in [2.45, 2.75) is 45.1 Å². The SMILES string of the molecule is O=C(O)CCCCCCc1ccccc1OCc1ccc2ccccc2c1. The standard InChI is InChI=1S/C24H26O3/c25-24(26)14-4-2-1-3-10-21-11-7-8-13-23(21)27-18-19-15-16-20-9-5-6-12-22(20)17-19/h5-9,11-13,15-17H,1-4,10,14,18H2,(H,25,26). The summed E-state index contributed by atoms with van der Waals surface area (Å²) >= 11 is 0. The van der Waals surface area contributed by atoms with Gasteiger partial charge in [-0.05, 0) is 53.3 Å². The minimum Gasteiger partial charge on any atom is -0.489 e. The van der Waals surface area contributed by atoms with Gasteiger partial charge in [0.15, 0.2) is 0 Å². The first-order chi connectivity index (χ1) is 13.2. The van der Waals surface area contributed by atoms with Gasteiger partial charge in [-0.25, -0.2) is 0 Å². The van der Waals surface area contributed by atoms with Crippen LogP contribution in [0.25, 0.3) is 10.8 Å². The minimum absolute atomic E-state index is 0.269. The lowest BCUT2D eigenvalue weighted by Crippen LogP contribution is -1.99. The fourth-order valence-electron chi connectivity index (χ4n) is 3.29. The lowest BCUT2D eigenvalue weighted by Gasteiger charge is -2.12. The lowest BCUT2D eigenvalue weighted by molar-refractivity contribution is -0.137. The van der Waals surface area contributed by atoms with Crippen LogP contribution in [0, 0.1) is 0 Å². The van der Waals surface area contributed by atoms with E-state index in [1.165, 1.54) is 16.3 Å². The quantitative estimate of drug-likeness (QED) is 0.450. The fourth-order valence-corrected chi connectivity index (χ4v) is 3.29. The zero-order valence-electron chi connectivity index (χ0n) is 15.6. The number of rotatable bonds is 10. The smallest absolute Gasteiger partial charge is 0.303 e. The number of para-hydroxylation sites is 1. The summed E-state index contributed by atoms with van der Waals surface area (Å²) in [6, 6.07) is 23.0. The van der Waals surface area contributed by atoms with Crippen molar-refractivity contribution >= 4 is 16.7 Å². The van der Waals surface area contributed by atoms with E-state index in [9.17, 15) is 4.79 Å². The Bertz CT molecular complexity index is 885. The maximum Gasteiger partial charge on any atom is 0.303 e. The molecule has 0 bridgehead atoms. The van der Waals surface area contributed by atoms with Crippen molar-refractivity contribution in [3.05, 3.63) is 77.9 Å². The Hall–Kier alpha value is -2.81. The van der Waals surface area contributed by atoms with Crippen molar-refractivity contribution in [3.8, 4) is 5.75 Å². The molecule has 3 rings (SSSR count). The monoisotopic (exact) mass is 362 g/mol. The highest BCUT2D eigenvalue weighted by atomic mass is 16.5. The summed E-state index contributed by atoms with van der Waals surface area (Å²) in [4.78, 5) is 10.5. The first kappa shape index (κ1) is 19.0. The number of aryl methyl sites for hydroxylation is 1. The van der Waals surface area contributed by atoms with Gasteiger partial charge in [0.2, 0.25) is 0 Å². The van der Waals surface area contributed by atoms with Gasteiger partial charge in [-0.1, -0.05) is 67.4 Å². The fraction of sp³-hybridized carbons (Fsp3) is 0.292. The number of fused-ring (bicyclic) bond motifs is 1. The van der Waals surface area contributed by atoms with Gasteiger partial charge in [0, 0.05) is 6.42 Å². The Kier molecular flexibility index (Phi) is 6.86. The van der Waals surface area contributed by atoms with Gasteiger partial charge in [0.1, 0.15) is 12.4 Å². The first-order valence-corrected chi connectivity index (χ1v) is 9.62.